The van der Waals surface area contributed by atoms with E-state index in [-0.39, 0.29) is 32.1 Å². The van der Waals surface area contributed by atoms with Gasteiger partial charge < -0.3 is 25.7 Å². The highest BCUT2D eigenvalue weighted by atomic mass is 16.5. The van der Waals surface area contributed by atoms with Gasteiger partial charge in [0.25, 0.3) is 0 Å². The third-order valence-electron chi connectivity index (χ3n) is 3.05. The zero-order chi connectivity index (χ0) is 14.2. The molecular formula is C11H21NO6. The molecule has 0 rings (SSSR count). The summed E-state index contributed by atoms with van der Waals surface area (Å²) in [6.07, 6.45) is -0.795. The van der Waals surface area contributed by atoms with Crippen LogP contribution in [-0.4, -0.2) is 51.2 Å². The molecule has 0 aliphatic carbocycles. The van der Waals surface area contributed by atoms with Gasteiger partial charge in [0.05, 0.1) is 0 Å². The number of carbonyl (C=O) groups is 2. The van der Waals surface area contributed by atoms with Crippen LogP contribution in [-0.2, 0) is 9.59 Å². The fourth-order valence-corrected chi connectivity index (χ4v) is 1.85. The fourth-order valence-electron chi connectivity index (χ4n) is 1.85. The summed E-state index contributed by atoms with van der Waals surface area (Å²) in [6, 6.07) is 0. The van der Waals surface area contributed by atoms with Gasteiger partial charge in [-0.3, -0.25) is 9.59 Å². The third kappa shape index (κ3) is 7.21. The third-order valence-corrected chi connectivity index (χ3v) is 3.05. The first kappa shape index (κ1) is 16.8. The summed E-state index contributed by atoms with van der Waals surface area (Å²) in [5, 5.41) is 38.0. The first-order valence-electron chi connectivity index (χ1n) is 5.80. The molecule has 0 aromatic carbocycles. The zero-order valence-electron chi connectivity index (χ0n) is 10.4. The van der Waals surface area contributed by atoms with E-state index in [1.54, 1.807) is 7.05 Å². The Morgan fingerprint density at radius 2 is 1.50 bits per heavy atom. The Labute approximate surface area is 105 Å². The van der Waals surface area contributed by atoms with Gasteiger partial charge in [0.2, 0.25) is 0 Å². The van der Waals surface area contributed by atoms with Crippen LogP contribution in [0, 0.1) is 0 Å². The first-order valence-corrected chi connectivity index (χ1v) is 5.80. The zero-order valence-corrected chi connectivity index (χ0v) is 10.4. The minimum Gasteiger partial charge on any atom is -0.481 e. The molecule has 106 valence electrons. The van der Waals surface area contributed by atoms with E-state index in [0.29, 0.717) is 6.42 Å². The van der Waals surface area contributed by atoms with Crippen LogP contribution < -0.4 is 5.32 Å². The summed E-state index contributed by atoms with van der Waals surface area (Å²) in [5.74, 6) is -1.93. The van der Waals surface area contributed by atoms with Crippen LogP contribution in [0.1, 0.15) is 38.5 Å². The molecule has 0 bridgehead atoms. The molecule has 0 aromatic heterocycles. The Morgan fingerprint density at radius 1 is 1.06 bits per heavy atom. The topological polar surface area (TPSA) is 127 Å². The number of aliphatic hydroxyl groups excluding tert-OH is 1. The number of aliphatic hydroxyl groups is 2. The van der Waals surface area contributed by atoms with Crippen LogP contribution in [0.4, 0.5) is 0 Å². The van der Waals surface area contributed by atoms with Crippen molar-refractivity contribution < 1.29 is 30.0 Å². The highest BCUT2D eigenvalue weighted by Crippen LogP contribution is 2.25. The quantitative estimate of drug-likeness (QED) is 0.344. The molecular weight excluding hydrogens is 242 g/mol. The van der Waals surface area contributed by atoms with Crippen molar-refractivity contribution in [2.45, 2.75) is 50.4 Å². The average molecular weight is 263 g/mol. The van der Waals surface area contributed by atoms with Crippen molar-refractivity contribution in [2.75, 3.05) is 7.05 Å². The van der Waals surface area contributed by atoms with Crippen LogP contribution in [0.15, 0.2) is 0 Å². The predicted octanol–water partition coefficient (Wildman–Crippen LogP) is -0.235. The number of hydrogen-bond donors (Lipinski definition) is 5. The SMILES string of the molecule is CNC(CCC(=O)O)(CCC(=O)O)CCC(O)O. The van der Waals surface area contributed by atoms with Gasteiger partial charge in [-0.05, 0) is 32.7 Å². The van der Waals surface area contributed by atoms with E-state index in [1.165, 1.54) is 0 Å². The normalized spacial score (nSPS) is 11.8. The number of carboxylic acid groups (broad SMARTS) is 2. The molecule has 0 aliphatic heterocycles. The summed E-state index contributed by atoms with van der Waals surface area (Å²) >= 11 is 0. The Balaban J connectivity index is 4.58. The number of hydrogen-bond acceptors (Lipinski definition) is 5. The molecule has 0 aliphatic rings. The van der Waals surface area contributed by atoms with Gasteiger partial charge in [-0.25, -0.2) is 0 Å². The Morgan fingerprint density at radius 3 is 1.78 bits per heavy atom. The van der Waals surface area contributed by atoms with E-state index >= 15 is 0 Å². The van der Waals surface area contributed by atoms with Gasteiger partial charge in [-0.2, -0.15) is 0 Å². The smallest absolute Gasteiger partial charge is 0.303 e. The maximum atomic E-state index is 10.6. The van der Waals surface area contributed by atoms with E-state index in [2.05, 4.69) is 5.32 Å². The molecule has 0 fully saturated rings. The van der Waals surface area contributed by atoms with Crippen molar-refractivity contribution >= 4 is 11.9 Å². The van der Waals surface area contributed by atoms with Crippen molar-refractivity contribution in [3.8, 4) is 0 Å². The van der Waals surface area contributed by atoms with E-state index in [0.717, 1.165) is 0 Å². The van der Waals surface area contributed by atoms with Crippen molar-refractivity contribution in [2.24, 2.45) is 0 Å². The summed E-state index contributed by atoms with van der Waals surface area (Å²) in [4.78, 5) is 21.2. The lowest BCUT2D eigenvalue weighted by Gasteiger charge is -2.33. The summed E-state index contributed by atoms with van der Waals surface area (Å²) < 4.78 is 0. The number of carboxylic acids is 2. The molecule has 0 spiro atoms. The molecule has 5 N–H and O–H groups in total. The molecule has 0 saturated carbocycles. The van der Waals surface area contributed by atoms with Crippen LogP contribution in [0.3, 0.4) is 0 Å². The van der Waals surface area contributed by atoms with Crippen LogP contribution in [0.25, 0.3) is 0 Å². The lowest BCUT2D eigenvalue weighted by atomic mass is 9.83. The van der Waals surface area contributed by atoms with E-state index in [4.69, 9.17) is 20.4 Å². The molecule has 18 heavy (non-hydrogen) atoms. The Bertz CT molecular complexity index is 261. The van der Waals surface area contributed by atoms with Gasteiger partial charge in [0.15, 0.2) is 6.29 Å². The van der Waals surface area contributed by atoms with Crippen molar-refractivity contribution in [3.05, 3.63) is 0 Å². The molecule has 0 heterocycles. The van der Waals surface area contributed by atoms with Gasteiger partial charge in [-0.15, -0.1) is 0 Å². The standard InChI is InChI=1S/C11H21NO6/c1-12-11(5-2-8(13)14,6-3-9(15)16)7-4-10(17)18/h8,12-14H,2-7H2,1H3,(H,15,16)(H,17,18). The minimum atomic E-state index is -1.48. The van der Waals surface area contributed by atoms with E-state index in [9.17, 15) is 9.59 Å². The number of aliphatic carboxylic acids is 2. The van der Waals surface area contributed by atoms with Crippen molar-refractivity contribution in [1.29, 1.82) is 0 Å². The number of nitrogens with one attached hydrogen (secondary N) is 1. The summed E-state index contributed by atoms with van der Waals surface area (Å²) in [5.41, 5.74) is -0.694. The number of rotatable bonds is 10. The van der Waals surface area contributed by atoms with Gasteiger partial charge in [0.1, 0.15) is 0 Å². The molecule has 0 radical (unpaired) electrons. The first-order chi connectivity index (χ1) is 8.31. The average Bonchev–Trinajstić information content (AvgIpc) is 2.28. The Hall–Kier alpha value is -1.18. The molecule has 7 heteroatoms. The van der Waals surface area contributed by atoms with Crippen LogP contribution in [0.2, 0.25) is 0 Å². The fraction of sp³-hybridized carbons (Fsp3) is 0.818. The highest BCUT2D eigenvalue weighted by Gasteiger charge is 2.29. The molecule has 7 nitrogen and oxygen atoms in total. The van der Waals surface area contributed by atoms with Crippen molar-refractivity contribution in [1.82, 2.24) is 5.32 Å². The maximum Gasteiger partial charge on any atom is 0.303 e. The van der Waals surface area contributed by atoms with Gasteiger partial charge >= 0.3 is 11.9 Å². The Kier molecular flexibility index (Phi) is 7.49. The highest BCUT2D eigenvalue weighted by molar-refractivity contribution is 5.67. The van der Waals surface area contributed by atoms with Crippen molar-refractivity contribution in [3.63, 3.8) is 0 Å². The second-order valence-electron chi connectivity index (χ2n) is 4.34. The lowest BCUT2D eigenvalue weighted by Crippen LogP contribution is -2.44. The molecule has 0 amide bonds. The lowest BCUT2D eigenvalue weighted by molar-refractivity contribution is -0.137. The molecule has 0 atom stereocenters. The van der Waals surface area contributed by atoms with Crippen LogP contribution >= 0.6 is 0 Å². The summed E-state index contributed by atoms with van der Waals surface area (Å²) in [6.45, 7) is 0. The van der Waals surface area contributed by atoms with Crippen LogP contribution in [0.5, 0.6) is 0 Å². The second kappa shape index (κ2) is 8.02. The molecule has 0 aromatic rings. The molecule has 0 saturated heterocycles. The summed E-state index contributed by atoms with van der Waals surface area (Å²) in [7, 11) is 1.62. The minimum absolute atomic E-state index is 0.0695. The monoisotopic (exact) mass is 263 g/mol. The van der Waals surface area contributed by atoms with E-state index in [1.807, 2.05) is 0 Å². The molecule has 0 unspecified atom stereocenters. The second-order valence-corrected chi connectivity index (χ2v) is 4.34. The van der Waals surface area contributed by atoms with Gasteiger partial charge in [-0.1, -0.05) is 0 Å². The van der Waals surface area contributed by atoms with E-state index < -0.39 is 23.8 Å². The largest absolute Gasteiger partial charge is 0.481 e. The van der Waals surface area contributed by atoms with Gasteiger partial charge in [0, 0.05) is 18.4 Å². The maximum absolute atomic E-state index is 10.6. The predicted molar refractivity (Wildman–Crippen MR) is 63.0 cm³/mol.